The van der Waals surface area contributed by atoms with Gasteiger partial charge in [-0.2, -0.15) is 13.2 Å². The first kappa shape index (κ1) is 14.1. The van der Waals surface area contributed by atoms with E-state index in [2.05, 4.69) is 10.2 Å². The van der Waals surface area contributed by atoms with Crippen molar-refractivity contribution >= 4 is 5.69 Å². The molecule has 1 fully saturated rings. The van der Waals surface area contributed by atoms with Gasteiger partial charge in [0.25, 0.3) is 0 Å². The summed E-state index contributed by atoms with van der Waals surface area (Å²) in [5.41, 5.74) is 5.29. The molecule has 19 heavy (non-hydrogen) atoms. The van der Waals surface area contributed by atoms with Crippen LogP contribution in [0.25, 0.3) is 0 Å². The van der Waals surface area contributed by atoms with Gasteiger partial charge in [-0.3, -0.25) is 4.90 Å². The quantitative estimate of drug-likeness (QED) is 0.812. The minimum Gasteiger partial charge on any atom is -0.399 e. The number of halogens is 3. The zero-order valence-corrected chi connectivity index (χ0v) is 10.8. The van der Waals surface area contributed by atoms with E-state index in [0.717, 1.165) is 32.2 Å². The topological polar surface area (TPSA) is 41.3 Å². The van der Waals surface area contributed by atoms with Gasteiger partial charge in [-0.05, 0) is 24.6 Å². The molecule has 1 unspecified atom stereocenters. The molecule has 0 saturated carbocycles. The van der Waals surface area contributed by atoms with Crippen LogP contribution < -0.4 is 11.1 Å². The van der Waals surface area contributed by atoms with Gasteiger partial charge in [0.1, 0.15) is 0 Å². The smallest absolute Gasteiger partial charge is 0.399 e. The van der Waals surface area contributed by atoms with Gasteiger partial charge in [0, 0.05) is 37.9 Å². The Labute approximate surface area is 110 Å². The van der Waals surface area contributed by atoms with Crippen LogP contribution >= 0.6 is 0 Å². The van der Waals surface area contributed by atoms with Crippen molar-refractivity contribution in [1.29, 1.82) is 0 Å². The Morgan fingerprint density at radius 1 is 1.26 bits per heavy atom. The van der Waals surface area contributed by atoms with Gasteiger partial charge >= 0.3 is 6.18 Å². The molecule has 0 aromatic heterocycles. The van der Waals surface area contributed by atoms with Crippen molar-refractivity contribution in [2.24, 2.45) is 0 Å². The fourth-order valence-electron chi connectivity index (χ4n) is 2.45. The molecular weight excluding hydrogens is 255 g/mol. The lowest BCUT2D eigenvalue weighted by molar-refractivity contribution is -0.138. The summed E-state index contributed by atoms with van der Waals surface area (Å²) in [4.78, 5) is 2.05. The Bertz CT molecular complexity index is 439. The first-order chi connectivity index (χ1) is 8.89. The summed E-state index contributed by atoms with van der Waals surface area (Å²) in [6.07, 6.45) is -4.37. The van der Waals surface area contributed by atoms with E-state index in [1.807, 2.05) is 6.92 Å². The van der Waals surface area contributed by atoms with E-state index in [1.165, 1.54) is 12.1 Å². The van der Waals surface area contributed by atoms with Crippen LogP contribution in [-0.4, -0.2) is 31.1 Å². The number of nitrogen functional groups attached to an aromatic ring is 1. The van der Waals surface area contributed by atoms with Crippen LogP contribution in [0.2, 0.25) is 0 Å². The highest BCUT2D eigenvalue weighted by Gasteiger charge is 2.35. The van der Waals surface area contributed by atoms with E-state index in [9.17, 15) is 13.2 Å². The van der Waals surface area contributed by atoms with Gasteiger partial charge in [-0.25, -0.2) is 0 Å². The van der Waals surface area contributed by atoms with Gasteiger partial charge in [0.15, 0.2) is 0 Å². The number of alkyl halides is 3. The summed E-state index contributed by atoms with van der Waals surface area (Å²) >= 11 is 0. The van der Waals surface area contributed by atoms with Crippen LogP contribution in [0.3, 0.4) is 0 Å². The normalized spacial score (nSPS) is 19.4. The molecule has 1 atom stereocenters. The van der Waals surface area contributed by atoms with E-state index >= 15 is 0 Å². The van der Waals surface area contributed by atoms with Gasteiger partial charge in [0.2, 0.25) is 0 Å². The van der Waals surface area contributed by atoms with Crippen molar-refractivity contribution < 1.29 is 13.2 Å². The molecule has 6 heteroatoms. The predicted octanol–water partition coefficient (Wildman–Crippen LogP) is 2.25. The van der Waals surface area contributed by atoms with Crippen LogP contribution in [0.4, 0.5) is 18.9 Å². The van der Waals surface area contributed by atoms with Crippen molar-refractivity contribution in [3.8, 4) is 0 Å². The Balaban J connectivity index is 2.32. The van der Waals surface area contributed by atoms with Crippen molar-refractivity contribution in [3.05, 3.63) is 29.3 Å². The van der Waals surface area contributed by atoms with Gasteiger partial charge in [-0.1, -0.05) is 6.07 Å². The van der Waals surface area contributed by atoms with Crippen molar-refractivity contribution in [1.82, 2.24) is 10.2 Å². The number of rotatable bonds is 2. The minimum atomic E-state index is -4.37. The number of benzene rings is 1. The van der Waals surface area contributed by atoms with Crippen LogP contribution in [0.15, 0.2) is 18.2 Å². The average Bonchev–Trinajstić information content (AvgIpc) is 2.38. The Kier molecular flexibility index (Phi) is 4.01. The van der Waals surface area contributed by atoms with Crippen molar-refractivity contribution in [2.45, 2.75) is 19.1 Å². The second-order valence-electron chi connectivity index (χ2n) is 4.81. The van der Waals surface area contributed by atoms with E-state index in [4.69, 9.17) is 5.73 Å². The third-order valence-corrected chi connectivity index (χ3v) is 3.53. The van der Waals surface area contributed by atoms with E-state index in [-0.39, 0.29) is 11.7 Å². The molecule has 0 amide bonds. The first-order valence-corrected chi connectivity index (χ1v) is 6.31. The zero-order chi connectivity index (χ0) is 14.0. The maximum absolute atomic E-state index is 13.1. The molecular formula is C13H18F3N3. The molecule has 3 N–H and O–H groups in total. The highest BCUT2D eigenvalue weighted by molar-refractivity contribution is 5.47. The lowest BCUT2D eigenvalue weighted by Gasteiger charge is -2.34. The summed E-state index contributed by atoms with van der Waals surface area (Å²) in [6.45, 7) is 4.93. The molecule has 1 aromatic carbocycles. The predicted molar refractivity (Wildman–Crippen MR) is 68.7 cm³/mol. The fraction of sp³-hybridized carbons (Fsp3) is 0.538. The third kappa shape index (κ3) is 3.19. The number of nitrogens with two attached hydrogens (primary N) is 1. The lowest BCUT2D eigenvalue weighted by Crippen LogP contribution is -2.44. The molecule has 106 valence electrons. The summed E-state index contributed by atoms with van der Waals surface area (Å²) in [7, 11) is 0. The van der Waals surface area contributed by atoms with Crippen LogP contribution in [-0.2, 0) is 6.18 Å². The molecule has 0 bridgehead atoms. The van der Waals surface area contributed by atoms with Gasteiger partial charge in [0.05, 0.1) is 5.56 Å². The molecule has 1 heterocycles. The molecule has 3 nitrogen and oxygen atoms in total. The molecule has 1 aliphatic rings. The number of piperazine rings is 1. The van der Waals surface area contributed by atoms with Crippen molar-refractivity contribution in [3.63, 3.8) is 0 Å². The van der Waals surface area contributed by atoms with Gasteiger partial charge in [-0.15, -0.1) is 0 Å². The van der Waals surface area contributed by atoms with Gasteiger partial charge < -0.3 is 11.1 Å². The van der Waals surface area contributed by atoms with E-state index in [0.29, 0.717) is 5.56 Å². The highest BCUT2D eigenvalue weighted by atomic mass is 19.4. The maximum atomic E-state index is 13.1. The summed E-state index contributed by atoms with van der Waals surface area (Å²) in [5.74, 6) is 0. The molecule has 0 aliphatic carbocycles. The standard InChI is InChI=1S/C13H18F3N3/c1-9(19-6-4-18-5-7-19)11-3-2-10(17)8-12(11)13(14,15)16/h2-3,8-9,18H,4-7,17H2,1H3. The average molecular weight is 273 g/mol. The SMILES string of the molecule is CC(c1ccc(N)cc1C(F)(F)F)N1CCNCC1. The molecule has 1 aromatic rings. The second kappa shape index (κ2) is 5.38. The lowest BCUT2D eigenvalue weighted by atomic mass is 9.98. The Morgan fingerprint density at radius 3 is 2.47 bits per heavy atom. The Hall–Kier alpha value is -1.27. The first-order valence-electron chi connectivity index (χ1n) is 6.31. The number of hydrogen-bond acceptors (Lipinski definition) is 3. The summed E-state index contributed by atoms with van der Waals surface area (Å²) in [6, 6.07) is 3.78. The summed E-state index contributed by atoms with van der Waals surface area (Å²) < 4.78 is 39.2. The second-order valence-corrected chi connectivity index (χ2v) is 4.81. The largest absolute Gasteiger partial charge is 0.416 e. The molecule has 0 radical (unpaired) electrons. The minimum absolute atomic E-state index is 0.142. The number of nitrogens with one attached hydrogen (secondary N) is 1. The number of nitrogens with zero attached hydrogens (tertiary/aromatic N) is 1. The molecule has 2 rings (SSSR count). The number of anilines is 1. The maximum Gasteiger partial charge on any atom is 0.416 e. The molecule has 1 saturated heterocycles. The summed E-state index contributed by atoms with van der Waals surface area (Å²) in [5, 5.41) is 3.19. The van der Waals surface area contributed by atoms with Crippen molar-refractivity contribution in [2.75, 3.05) is 31.9 Å². The third-order valence-electron chi connectivity index (χ3n) is 3.53. The Morgan fingerprint density at radius 2 is 1.89 bits per heavy atom. The number of hydrogen-bond donors (Lipinski definition) is 2. The highest BCUT2D eigenvalue weighted by Crippen LogP contribution is 2.37. The fourth-order valence-corrected chi connectivity index (χ4v) is 2.45. The van der Waals surface area contributed by atoms with Crippen LogP contribution in [0, 0.1) is 0 Å². The van der Waals surface area contributed by atoms with Crippen LogP contribution in [0.1, 0.15) is 24.1 Å². The van der Waals surface area contributed by atoms with E-state index < -0.39 is 11.7 Å². The molecule has 1 aliphatic heterocycles. The van der Waals surface area contributed by atoms with Crippen LogP contribution in [0.5, 0.6) is 0 Å². The molecule has 0 spiro atoms. The zero-order valence-electron chi connectivity index (χ0n) is 10.8. The van der Waals surface area contributed by atoms with E-state index in [1.54, 1.807) is 0 Å². The monoisotopic (exact) mass is 273 g/mol.